The molecule has 0 unspecified atom stereocenters. The number of amides is 1. The number of rotatable bonds is 3. The monoisotopic (exact) mass is 365 g/mol. The highest BCUT2D eigenvalue weighted by Crippen LogP contribution is 2.33. The van der Waals surface area contributed by atoms with Crippen molar-refractivity contribution in [3.05, 3.63) is 71.5 Å². The van der Waals surface area contributed by atoms with Crippen LogP contribution >= 0.6 is 11.6 Å². The molecule has 7 heteroatoms. The van der Waals surface area contributed by atoms with Crippen LogP contribution in [-0.2, 0) is 0 Å². The Morgan fingerprint density at radius 2 is 2.04 bits per heavy atom. The number of benzene rings is 2. The summed E-state index contributed by atoms with van der Waals surface area (Å²) in [5.74, 6) is -0.0828. The van der Waals surface area contributed by atoms with E-state index >= 15 is 0 Å². The summed E-state index contributed by atoms with van der Waals surface area (Å²) in [6.07, 6.45) is 3.17. The molecule has 1 amide bonds. The Balaban J connectivity index is 1.67. The molecule has 4 rings (SSSR count). The number of aromatic hydroxyl groups is 1. The number of phenolic OH excluding ortho intramolecular Hbond substituents is 1. The third-order valence-corrected chi connectivity index (χ3v) is 4.00. The molecule has 0 radical (unpaired) electrons. The van der Waals surface area contributed by atoms with Gasteiger partial charge in [-0.15, -0.1) is 0 Å². The molecule has 2 heterocycles. The minimum atomic E-state index is -0.314. The number of pyridine rings is 1. The number of nitrogens with one attached hydrogen (secondary N) is 1. The highest BCUT2D eigenvalue weighted by atomic mass is 35.5. The zero-order valence-corrected chi connectivity index (χ0v) is 14.1. The van der Waals surface area contributed by atoms with Crippen molar-refractivity contribution < 1.29 is 14.3 Å². The van der Waals surface area contributed by atoms with E-state index in [1.165, 1.54) is 6.07 Å². The lowest BCUT2D eigenvalue weighted by molar-refractivity contribution is 0.102. The fraction of sp³-hybridized carbons (Fsp3) is 0. The average Bonchev–Trinajstić information content (AvgIpc) is 3.07. The SMILES string of the molecule is O=C(Nc1ccc(O)c(-c2nc3cnccc3o2)c1)c1cccc(Cl)c1. The second kappa shape index (κ2) is 6.50. The average molecular weight is 366 g/mol. The molecule has 2 N–H and O–H groups in total. The lowest BCUT2D eigenvalue weighted by Gasteiger charge is -2.08. The molecule has 0 aliphatic rings. The van der Waals surface area contributed by atoms with Gasteiger partial charge in [0.05, 0.1) is 11.8 Å². The molecule has 4 aromatic rings. The molecule has 0 fully saturated rings. The number of anilines is 1. The molecule has 6 nitrogen and oxygen atoms in total. The van der Waals surface area contributed by atoms with Gasteiger partial charge in [0, 0.05) is 28.5 Å². The molecule has 0 bridgehead atoms. The number of fused-ring (bicyclic) bond motifs is 1. The predicted octanol–water partition coefficient (Wildman–Crippen LogP) is 4.50. The Morgan fingerprint density at radius 3 is 2.85 bits per heavy atom. The second-order valence-corrected chi connectivity index (χ2v) is 6.00. The molecule has 2 aromatic carbocycles. The number of halogens is 1. The second-order valence-electron chi connectivity index (χ2n) is 5.56. The van der Waals surface area contributed by atoms with E-state index in [9.17, 15) is 9.90 Å². The number of phenols is 1. The fourth-order valence-electron chi connectivity index (χ4n) is 2.51. The highest BCUT2D eigenvalue weighted by Gasteiger charge is 2.14. The summed E-state index contributed by atoms with van der Waals surface area (Å²) in [6.45, 7) is 0. The van der Waals surface area contributed by atoms with Crippen molar-refractivity contribution in [1.82, 2.24) is 9.97 Å². The number of hydrogen-bond donors (Lipinski definition) is 2. The van der Waals surface area contributed by atoms with Gasteiger partial charge in [-0.05, 0) is 36.4 Å². The van der Waals surface area contributed by atoms with Crippen LogP contribution in [-0.4, -0.2) is 21.0 Å². The first-order chi connectivity index (χ1) is 12.6. The maximum Gasteiger partial charge on any atom is 0.255 e. The van der Waals surface area contributed by atoms with Gasteiger partial charge in [0.25, 0.3) is 5.91 Å². The lowest BCUT2D eigenvalue weighted by Crippen LogP contribution is -2.11. The van der Waals surface area contributed by atoms with Gasteiger partial charge in [0.2, 0.25) is 5.89 Å². The van der Waals surface area contributed by atoms with E-state index in [4.69, 9.17) is 16.0 Å². The summed E-state index contributed by atoms with van der Waals surface area (Å²) in [7, 11) is 0. The van der Waals surface area contributed by atoms with Crippen molar-refractivity contribution in [3.63, 3.8) is 0 Å². The van der Waals surface area contributed by atoms with E-state index in [1.54, 1.807) is 54.9 Å². The summed E-state index contributed by atoms with van der Waals surface area (Å²) in [6, 6.07) is 13.0. The molecule has 0 saturated carbocycles. The lowest BCUT2D eigenvalue weighted by atomic mass is 10.1. The Kier molecular flexibility index (Phi) is 4.02. The van der Waals surface area contributed by atoms with Crippen molar-refractivity contribution in [3.8, 4) is 17.2 Å². The Hall–Kier alpha value is -3.38. The number of aromatic nitrogens is 2. The summed E-state index contributed by atoms with van der Waals surface area (Å²) in [5.41, 5.74) is 2.42. The number of carbonyl (C=O) groups excluding carboxylic acids is 1. The van der Waals surface area contributed by atoms with E-state index in [0.717, 1.165) is 0 Å². The van der Waals surface area contributed by atoms with E-state index < -0.39 is 0 Å². The van der Waals surface area contributed by atoms with Crippen molar-refractivity contribution in [2.75, 3.05) is 5.32 Å². The molecule has 2 aromatic heterocycles. The maximum atomic E-state index is 12.4. The van der Waals surface area contributed by atoms with Crippen LogP contribution in [0.5, 0.6) is 5.75 Å². The zero-order chi connectivity index (χ0) is 18.1. The standard InChI is InChI=1S/C19H12ClN3O3/c20-12-3-1-2-11(8-12)18(25)22-13-4-5-16(24)14(9-13)19-23-15-10-21-7-6-17(15)26-19/h1-10,24H,(H,22,25). The molecule has 0 aliphatic heterocycles. The van der Waals surface area contributed by atoms with Gasteiger partial charge in [-0.3, -0.25) is 9.78 Å². The molecule has 0 atom stereocenters. The molecular formula is C19H12ClN3O3. The van der Waals surface area contributed by atoms with E-state index in [0.29, 0.717) is 32.9 Å². The summed E-state index contributed by atoms with van der Waals surface area (Å²) < 4.78 is 5.65. The predicted molar refractivity (Wildman–Crippen MR) is 98.3 cm³/mol. The third kappa shape index (κ3) is 3.10. The molecule has 26 heavy (non-hydrogen) atoms. The maximum absolute atomic E-state index is 12.4. The van der Waals surface area contributed by atoms with E-state index in [2.05, 4.69) is 15.3 Å². The minimum absolute atomic E-state index is 0.00901. The quantitative estimate of drug-likeness (QED) is 0.522. The van der Waals surface area contributed by atoms with Crippen LogP contribution in [0.2, 0.25) is 5.02 Å². The van der Waals surface area contributed by atoms with Crippen molar-refractivity contribution >= 4 is 34.3 Å². The van der Waals surface area contributed by atoms with Crippen LogP contribution in [0.15, 0.2) is 65.3 Å². The molecule has 0 spiro atoms. The Morgan fingerprint density at radius 1 is 1.15 bits per heavy atom. The Labute approximate surface area is 153 Å². The van der Waals surface area contributed by atoms with Crippen LogP contribution in [0.3, 0.4) is 0 Å². The topological polar surface area (TPSA) is 88.2 Å². The van der Waals surface area contributed by atoms with Gasteiger partial charge >= 0.3 is 0 Å². The zero-order valence-electron chi connectivity index (χ0n) is 13.3. The molecule has 0 aliphatic carbocycles. The van der Waals surface area contributed by atoms with Gasteiger partial charge in [0.15, 0.2) is 5.58 Å². The van der Waals surface area contributed by atoms with Crippen LogP contribution in [0.4, 0.5) is 5.69 Å². The molecule has 128 valence electrons. The fourth-order valence-corrected chi connectivity index (χ4v) is 2.70. The minimum Gasteiger partial charge on any atom is -0.507 e. The Bertz CT molecular complexity index is 1090. The number of oxazole rings is 1. The van der Waals surface area contributed by atoms with E-state index in [1.807, 2.05) is 0 Å². The van der Waals surface area contributed by atoms with Crippen molar-refractivity contribution in [2.24, 2.45) is 0 Å². The number of nitrogens with zero attached hydrogens (tertiary/aromatic N) is 2. The van der Waals surface area contributed by atoms with Gasteiger partial charge in [-0.2, -0.15) is 0 Å². The largest absolute Gasteiger partial charge is 0.507 e. The summed E-state index contributed by atoms with van der Waals surface area (Å²) in [5, 5.41) is 13.4. The summed E-state index contributed by atoms with van der Waals surface area (Å²) >= 11 is 5.92. The van der Waals surface area contributed by atoms with Gasteiger partial charge in [-0.25, -0.2) is 4.98 Å². The van der Waals surface area contributed by atoms with Crippen molar-refractivity contribution in [2.45, 2.75) is 0 Å². The van der Waals surface area contributed by atoms with Crippen LogP contribution in [0, 0.1) is 0 Å². The van der Waals surface area contributed by atoms with Gasteiger partial charge in [0.1, 0.15) is 11.3 Å². The first-order valence-electron chi connectivity index (χ1n) is 7.71. The third-order valence-electron chi connectivity index (χ3n) is 3.76. The smallest absolute Gasteiger partial charge is 0.255 e. The van der Waals surface area contributed by atoms with Crippen LogP contribution in [0.1, 0.15) is 10.4 Å². The normalized spacial score (nSPS) is 10.8. The highest BCUT2D eigenvalue weighted by molar-refractivity contribution is 6.31. The van der Waals surface area contributed by atoms with Gasteiger partial charge in [-0.1, -0.05) is 17.7 Å². The van der Waals surface area contributed by atoms with E-state index in [-0.39, 0.29) is 17.5 Å². The summed E-state index contributed by atoms with van der Waals surface area (Å²) in [4.78, 5) is 20.7. The molecule has 0 saturated heterocycles. The first-order valence-corrected chi connectivity index (χ1v) is 8.09. The number of carbonyl (C=O) groups is 1. The van der Waals surface area contributed by atoms with Crippen LogP contribution in [0.25, 0.3) is 22.6 Å². The molecular weight excluding hydrogens is 354 g/mol. The van der Waals surface area contributed by atoms with Crippen LogP contribution < -0.4 is 5.32 Å². The number of hydrogen-bond acceptors (Lipinski definition) is 5. The van der Waals surface area contributed by atoms with Gasteiger partial charge < -0.3 is 14.8 Å². The first kappa shape index (κ1) is 16.1. The van der Waals surface area contributed by atoms with Crippen molar-refractivity contribution in [1.29, 1.82) is 0 Å².